The molecule has 8 heteroatoms. The van der Waals surface area contributed by atoms with E-state index in [1.54, 1.807) is 16.7 Å². The van der Waals surface area contributed by atoms with Crippen LogP contribution in [0.1, 0.15) is 58.8 Å². The molecule has 5 rings (SSSR count). The Kier molecular flexibility index (Phi) is 6.87. The number of fused-ring (bicyclic) bond motifs is 1. The third-order valence-electron chi connectivity index (χ3n) is 8.60. The van der Waals surface area contributed by atoms with Gasteiger partial charge in [-0.3, -0.25) is 14.4 Å². The lowest BCUT2D eigenvalue weighted by Crippen LogP contribution is -2.59. The van der Waals surface area contributed by atoms with E-state index in [9.17, 15) is 19.5 Å². The molecular formula is C27H37N3O4S. The molecule has 3 aliphatic heterocycles. The Morgan fingerprint density at radius 1 is 1.11 bits per heavy atom. The van der Waals surface area contributed by atoms with Crippen LogP contribution in [0.3, 0.4) is 0 Å². The van der Waals surface area contributed by atoms with Gasteiger partial charge in [0.1, 0.15) is 6.04 Å². The molecule has 2 unspecified atom stereocenters. The number of hydrogen-bond acceptors (Lipinski definition) is 5. The Labute approximate surface area is 211 Å². The van der Waals surface area contributed by atoms with Crippen LogP contribution in [0, 0.1) is 17.8 Å². The molecule has 1 aromatic rings. The summed E-state index contributed by atoms with van der Waals surface area (Å²) in [5.41, 5.74) is 0.712. The molecule has 2 bridgehead atoms. The molecule has 3 saturated heterocycles. The first-order chi connectivity index (χ1) is 16.9. The number of likely N-dealkylation sites (tertiary alicyclic amines) is 1. The van der Waals surface area contributed by atoms with Crippen molar-refractivity contribution in [2.24, 2.45) is 17.8 Å². The van der Waals surface area contributed by atoms with Gasteiger partial charge in [-0.25, -0.2) is 0 Å². The van der Waals surface area contributed by atoms with Crippen molar-refractivity contribution in [2.45, 2.75) is 86.9 Å². The van der Waals surface area contributed by atoms with Crippen LogP contribution in [0.25, 0.3) is 0 Å². The normalized spacial score (nSPS) is 33.1. The zero-order valence-corrected chi connectivity index (χ0v) is 21.4. The molecule has 0 radical (unpaired) electrons. The van der Waals surface area contributed by atoms with E-state index in [2.05, 4.69) is 10.6 Å². The molecule has 1 saturated carbocycles. The number of aliphatic hydroxyl groups excluding tert-OH is 1. The monoisotopic (exact) mass is 499 g/mol. The fourth-order valence-electron chi connectivity index (χ4n) is 6.94. The molecule has 1 aromatic carbocycles. The summed E-state index contributed by atoms with van der Waals surface area (Å²) in [5, 5.41) is 16.6. The third kappa shape index (κ3) is 4.16. The summed E-state index contributed by atoms with van der Waals surface area (Å²) in [6.45, 7) is 3.74. The number of benzene rings is 1. The smallest absolute Gasteiger partial charge is 0.244 e. The zero-order chi connectivity index (χ0) is 24.7. The molecular weight excluding hydrogens is 462 g/mol. The highest BCUT2D eigenvalue weighted by Gasteiger charge is 2.74. The minimum absolute atomic E-state index is 0.0112. The van der Waals surface area contributed by atoms with Crippen molar-refractivity contribution in [3.8, 4) is 0 Å². The minimum atomic E-state index is -0.661. The van der Waals surface area contributed by atoms with Crippen LogP contribution >= 0.6 is 11.8 Å². The quantitative estimate of drug-likeness (QED) is 0.535. The largest absolute Gasteiger partial charge is 0.394 e. The van der Waals surface area contributed by atoms with Crippen molar-refractivity contribution >= 4 is 35.2 Å². The standard InChI is InChI=1S/C27H37N3O4S/c1-16(2)19(15-31)30-23(25(33)29-18-11-7-4-8-12-18)27-14-13-20(35-27)21(22(27)26(30)34)24(32)28-17-9-5-3-6-10-17/h3,5-6,9-10,16,18-23,31H,4,7-8,11-15H2,1-2H3,(H,28,32)(H,29,33)/t19-,20-,21+,22-,23?,27?/m0/s1. The van der Waals surface area contributed by atoms with Gasteiger partial charge in [0.25, 0.3) is 0 Å². The SMILES string of the molecule is CC(C)[C@H](CO)N1C(=O)[C@@H]2[C@H](C(=O)Nc3ccccc3)[C@@H]3CCC2(S3)C1C(=O)NC1CCCCC1. The van der Waals surface area contributed by atoms with E-state index in [0.29, 0.717) is 5.69 Å². The molecule has 4 fully saturated rings. The Balaban J connectivity index is 1.48. The second-order valence-electron chi connectivity index (χ2n) is 11.0. The summed E-state index contributed by atoms with van der Waals surface area (Å²) in [6.07, 6.45) is 6.90. The van der Waals surface area contributed by atoms with E-state index in [4.69, 9.17) is 0 Å². The van der Waals surface area contributed by atoms with Crippen LogP contribution in [0.4, 0.5) is 5.69 Å². The summed E-state index contributed by atoms with van der Waals surface area (Å²) in [5.74, 6) is -1.45. The van der Waals surface area contributed by atoms with Crippen LogP contribution in [-0.4, -0.2) is 62.5 Å². The molecule has 0 aromatic heterocycles. The van der Waals surface area contributed by atoms with E-state index in [1.165, 1.54) is 6.42 Å². The molecule has 4 aliphatic rings. The van der Waals surface area contributed by atoms with Crippen LogP contribution in [0.5, 0.6) is 0 Å². The Hall–Kier alpha value is -2.06. The van der Waals surface area contributed by atoms with E-state index in [1.807, 2.05) is 44.2 Å². The summed E-state index contributed by atoms with van der Waals surface area (Å²) in [4.78, 5) is 43.2. The molecule has 190 valence electrons. The van der Waals surface area contributed by atoms with Gasteiger partial charge in [-0.2, -0.15) is 0 Å². The van der Waals surface area contributed by atoms with Crippen molar-refractivity contribution in [1.82, 2.24) is 10.2 Å². The van der Waals surface area contributed by atoms with Gasteiger partial charge >= 0.3 is 0 Å². The summed E-state index contributed by atoms with van der Waals surface area (Å²) < 4.78 is -0.624. The lowest BCUT2D eigenvalue weighted by molar-refractivity contribution is -0.143. The Bertz CT molecular complexity index is 966. The maximum Gasteiger partial charge on any atom is 0.244 e. The highest BCUT2D eigenvalue weighted by Crippen LogP contribution is 2.66. The summed E-state index contributed by atoms with van der Waals surface area (Å²) in [7, 11) is 0. The van der Waals surface area contributed by atoms with Gasteiger partial charge < -0.3 is 20.6 Å². The van der Waals surface area contributed by atoms with E-state index < -0.39 is 28.7 Å². The van der Waals surface area contributed by atoms with E-state index in [-0.39, 0.29) is 41.5 Å². The average Bonchev–Trinajstić information content (AvgIpc) is 3.48. The highest BCUT2D eigenvalue weighted by molar-refractivity contribution is 8.02. The predicted molar refractivity (Wildman–Crippen MR) is 137 cm³/mol. The number of amides is 3. The maximum atomic E-state index is 14.1. The van der Waals surface area contributed by atoms with Gasteiger partial charge in [0.15, 0.2) is 0 Å². The highest BCUT2D eigenvalue weighted by atomic mass is 32.2. The number of thioether (sulfide) groups is 1. The number of hydrogen-bond donors (Lipinski definition) is 3. The lowest BCUT2D eigenvalue weighted by atomic mass is 9.70. The molecule has 35 heavy (non-hydrogen) atoms. The number of rotatable bonds is 7. The predicted octanol–water partition coefficient (Wildman–Crippen LogP) is 3.18. The third-order valence-corrected chi connectivity index (χ3v) is 10.5. The van der Waals surface area contributed by atoms with Gasteiger partial charge in [-0.05, 0) is 43.7 Å². The second kappa shape index (κ2) is 9.77. The molecule has 7 nitrogen and oxygen atoms in total. The average molecular weight is 500 g/mol. The fourth-order valence-corrected chi connectivity index (χ4v) is 9.15. The number of nitrogens with one attached hydrogen (secondary N) is 2. The lowest BCUT2D eigenvalue weighted by Gasteiger charge is -2.39. The molecule has 3 amide bonds. The summed E-state index contributed by atoms with van der Waals surface area (Å²) >= 11 is 1.68. The molecule has 1 aliphatic carbocycles. The topological polar surface area (TPSA) is 98.7 Å². The number of anilines is 1. The van der Waals surface area contributed by atoms with Crippen LogP contribution in [0.15, 0.2) is 30.3 Å². The van der Waals surface area contributed by atoms with Crippen molar-refractivity contribution in [3.05, 3.63) is 30.3 Å². The Morgan fingerprint density at radius 2 is 1.83 bits per heavy atom. The first-order valence-corrected chi connectivity index (χ1v) is 14.0. The van der Waals surface area contributed by atoms with Gasteiger partial charge in [-0.15, -0.1) is 11.8 Å². The molecule has 1 spiro atoms. The number of para-hydroxylation sites is 1. The zero-order valence-electron chi connectivity index (χ0n) is 20.6. The van der Waals surface area contributed by atoms with Crippen LogP contribution in [0.2, 0.25) is 0 Å². The van der Waals surface area contributed by atoms with E-state index in [0.717, 1.165) is 38.5 Å². The van der Waals surface area contributed by atoms with Gasteiger partial charge in [0, 0.05) is 17.0 Å². The first-order valence-electron chi connectivity index (χ1n) is 13.1. The summed E-state index contributed by atoms with van der Waals surface area (Å²) in [6, 6.07) is 8.34. The minimum Gasteiger partial charge on any atom is -0.394 e. The van der Waals surface area contributed by atoms with Crippen molar-refractivity contribution in [1.29, 1.82) is 0 Å². The maximum absolute atomic E-state index is 14.1. The van der Waals surface area contributed by atoms with Crippen molar-refractivity contribution in [3.63, 3.8) is 0 Å². The van der Waals surface area contributed by atoms with Gasteiger partial charge in [0.2, 0.25) is 17.7 Å². The van der Waals surface area contributed by atoms with Crippen molar-refractivity contribution < 1.29 is 19.5 Å². The van der Waals surface area contributed by atoms with Gasteiger partial charge in [0.05, 0.1) is 29.2 Å². The molecule has 3 N–H and O–H groups in total. The number of carbonyl (C=O) groups excluding carboxylic acids is 3. The fraction of sp³-hybridized carbons (Fsp3) is 0.667. The van der Waals surface area contributed by atoms with E-state index >= 15 is 0 Å². The number of aliphatic hydroxyl groups is 1. The van der Waals surface area contributed by atoms with Crippen molar-refractivity contribution in [2.75, 3.05) is 11.9 Å². The number of carbonyl (C=O) groups is 3. The van der Waals surface area contributed by atoms with Gasteiger partial charge in [-0.1, -0.05) is 51.3 Å². The first kappa shape index (κ1) is 24.6. The number of nitrogens with zero attached hydrogens (tertiary/aromatic N) is 1. The van der Waals surface area contributed by atoms with Crippen LogP contribution < -0.4 is 10.6 Å². The second-order valence-corrected chi connectivity index (χ2v) is 12.6. The molecule has 6 atom stereocenters. The Morgan fingerprint density at radius 3 is 2.49 bits per heavy atom. The van der Waals surface area contributed by atoms with Crippen LogP contribution in [-0.2, 0) is 14.4 Å². The molecule has 3 heterocycles.